The number of carbonyl (C=O) groups is 2. The van der Waals surface area contributed by atoms with Crippen LogP contribution >= 0.6 is 11.3 Å². The molecule has 1 N–H and O–H groups in total. The number of pyridine rings is 1. The summed E-state index contributed by atoms with van der Waals surface area (Å²) in [6, 6.07) is 2.07. The summed E-state index contributed by atoms with van der Waals surface area (Å²) in [6.45, 7) is 4.13. The molecule has 3 aromatic rings. The van der Waals surface area contributed by atoms with Gasteiger partial charge in [0.1, 0.15) is 11.5 Å². The zero-order valence-electron chi connectivity index (χ0n) is 17.9. The third-order valence-corrected chi connectivity index (χ3v) is 7.26. The second-order valence-electron chi connectivity index (χ2n) is 8.30. The summed E-state index contributed by atoms with van der Waals surface area (Å²) >= 11 is 1.50. The van der Waals surface area contributed by atoms with Gasteiger partial charge in [0.25, 0.3) is 0 Å². The lowest BCUT2D eigenvalue weighted by molar-refractivity contribution is -0.116. The molecular formula is C23H26N4O3S. The molecule has 1 saturated carbocycles. The first-order valence-corrected chi connectivity index (χ1v) is 11.8. The molecule has 8 heteroatoms. The highest BCUT2D eigenvalue weighted by molar-refractivity contribution is 7.17. The number of anilines is 1. The molecule has 1 fully saturated rings. The van der Waals surface area contributed by atoms with E-state index in [1.54, 1.807) is 17.8 Å². The number of nitrogens with one attached hydrogen (secondary N) is 1. The summed E-state index contributed by atoms with van der Waals surface area (Å²) in [5.41, 5.74) is 4.50. The Morgan fingerprint density at radius 2 is 2.10 bits per heavy atom. The van der Waals surface area contributed by atoms with Crippen LogP contribution in [0.3, 0.4) is 0 Å². The zero-order chi connectivity index (χ0) is 21.5. The number of hydrogen-bond acceptors (Lipinski definition) is 6. The Morgan fingerprint density at radius 3 is 2.87 bits per heavy atom. The van der Waals surface area contributed by atoms with Crippen molar-refractivity contribution in [1.82, 2.24) is 14.8 Å². The smallest absolute Gasteiger partial charge is 0.341 e. The molecular weight excluding hydrogens is 412 g/mol. The lowest BCUT2D eigenvalue weighted by atomic mass is 9.95. The molecule has 1 amide bonds. The number of ether oxygens (including phenoxy) is 1. The zero-order valence-corrected chi connectivity index (χ0v) is 18.7. The Hall–Kier alpha value is -2.74. The van der Waals surface area contributed by atoms with E-state index in [-0.39, 0.29) is 18.4 Å². The highest BCUT2D eigenvalue weighted by atomic mass is 32.1. The molecule has 0 radical (unpaired) electrons. The normalized spacial score (nSPS) is 15.7. The van der Waals surface area contributed by atoms with E-state index in [2.05, 4.69) is 21.5 Å². The molecule has 0 atom stereocenters. The third kappa shape index (κ3) is 3.73. The first-order chi connectivity index (χ1) is 15.1. The molecule has 162 valence electrons. The summed E-state index contributed by atoms with van der Waals surface area (Å²) in [7, 11) is 0. The molecule has 2 aliphatic carbocycles. The second-order valence-corrected chi connectivity index (χ2v) is 9.40. The molecule has 3 heterocycles. The molecule has 2 aliphatic rings. The fourth-order valence-corrected chi connectivity index (χ4v) is 5.82. The van der Waals surface area contributed by atoms with Crippen LogP contribution in [0, 0.1) is 6.92 Å². The van der Waals surface area contributed by atoms with Crippen LogP contribution < -0.4 is 5.32 Å². The number of rotatable bonds is 6. The van der Waals surface area contributed by atoms with Crippen molar-refractivity contribution in [2.75, 3.05) is 11.9 Å². The van der Waals surface area contributed by atoms with Gasteiger partial charge in [-0.15, -0.1) is 11.3 Å². The van der Waals surface area contributed by atoms with Crippen molar-refractivity contribution in [3.8, 4) is 0 Å². The van der Waals surface area contributed by atoms with Crippen LogP contribution in [-0.4, -0.2) is 33.2 Å². The number of thiophene rings is 1. The molecule has 0 bridgehead atoms. The van der Waals surface area contributed by atoms with Crippen LogP contribution in [0.5, 0.6) is 0 Å². The predicted octanol–water partition coefficient (Wildman–Crippen LogP) is 4.37. The van der Waals surface area contributed by atoms with E-state index in [4.69, 9.17) is 4.74 Å². The van der Waals surface area contributed by atoms with Crippen molar-refractivity contribution in [3.05, 3.63) is 39.5 Å². The molecule has 0 unspecified atom stereocenters. The van der Waals surface area contributed by atoms with E-state index in [0.29, 0.717) is 23.1 Å². The van der Waals surface area contributed by atoms with Crippen molar-refractivity contribution in [2.24, 2.45) is 0 Å². The van der Waals surface area contributed by atoms with Crippen LogP contribution in [-0.2, 0) is 28.9 Å². The van der Waals surface area contributed by atoms with Crippen molar-refractivity contribution in [3.63, 3.8) is 0 Å². The first-order valence-electron chi connectivity index (χ1n) is 11.0. The number of carbonyl (C=O) groups excluding carboxylic acids is 2. The van der Waals surface area contributed by atoms with Gasteiger partial charge in [-0.1, -0.05) is 0 Å². The Labute approximate surface area is 184 Å². The van der Waals surface area contributed by atoms with Gasteiger partial charge in [0, 0.05) is 16.5 Å². The van der Waals surface area contributed by atoms with Gasteiger partial charge in [0.05, 0.1) is 17.9 Å². The number of nitrogens with zero attached hydrogens (tertiary/aromatic N) is 3. The molecule has 7 nitrogen and oxygen atoms in total. The monoisotopic (exact) mass is 438 g/mol. The van der Waals surface area contributed by atoms with E-state index in [9.17, 15) is 9.59 Å². The van der Waals surface area contributed by atoms with Crippen LogP contribution in [0.4, 0.5) is 5.00 Å². The minimum absolute atomic E-state index is 0.0519. The highest BCUT2D eigenvalue weighted by Crippen LogP contribution is 2.43. The van der Waals surface area contributed by atoms with Gasteiger partial charge in [0.2, 0.25) is 5.91 Å². The predicted molar refractivity (Wildman–Crippen MR) is 120 cm³/mol. The second kappa shape index (κ2) is 8.07. The summed E-state index contributed by atoms with van der Waals surface area (Å²) < 4.78 is 6.95. The Balaban J connectivity index is 1.42. The van der Waals surface area contributed by atoms with Gasteiger partial charge in [0.15, 0.2) is 5.65 Å². The summed E-state index contributed by atoms with van der Waals surface area (Å²) in [4.78, 5) is 31.3. The molecule has 5 rings (SSSR count). The molecule has 0 spiro atoms. The maximum absolute atomic E-state index is 13.0. The van der Waals surface area contributed by atoms with Gasteiger partial charge >= 0.3 is 5.97 Å². The number of hydrogen-bond donors (Lipinski definition) is 1. The summed E-state index contributed by atoms with van der Waals surface area (Å²) in [5.74, 6) is 0.0146. The average Bonchev–Trinajstić information content (AvgIpc) is 3.47. The third-order valence-electron chi connectivity index (χ3n) is 6.05. The number of fused-ring (bicyclic) bond motifs is 2. The number of aromatic nitrogens is 3. The minimum atomic E-state index is -0.353. The minimum Gasteiger partial charge on any atom is -0.462 e. The van der Waals surface area contributed by atoms with Crippen molar-refractivity contribution in [2.45, 2.75) is 64.8 Å². The van der Waals surface area contributed by atoms with Crippen LogP contribution in [0.15, 0.2) is 12.3 Å². The van der Waals surface area contributed by atoms with Gasteiger partial charge < -0.3 is 10.1 Å². The van der Waals surface area contributed by atoms with E-state index in [1.807, 2.05) is 6.92 Å². The van der Waals surface area contributed by atoms with Crippen LogP contribution in [0.25, 0.3) is 11.0 Å². The highest BCUT2D eigenvalue weighted by Gasteiger charge is 2.29. The van der Waals surface area contributed by atoms with Crippen molar-refractivity contribution in [1.29, 1.82) is 0 Å². The van der Waals surface area contributed by atoms with Gasteiger partial charge in [-0.3, -0.25) is 4.79 Å². The fourth-order valence-electron chi connectivity index (χ4n) is 4.53. The maximum atomic E-state index is 13.0. The summed E-state index contributed by atoms with van der Waals surface area (Å²) in [5, 5.41) is 9.23. The average molecular weight is 439 g/mol. The standard InChI is InChI=1S/C23H26N4O3S/c1-3-30-23(29)20-16-6-4-5-7-17(16)31-22(20)25-18(28)12-27-21-19(13(2)26-27)15(10-11-24-21)14-8-9-14/h10-11,14H,3-9,12H2,1-2H3,(H,25,28). The van der Waals surface area contributed by atoms with E-state index in [1.165, 1.54) is 34.6 Å². The van der Waals surface area contributed by atoms with Gasteiger partial charge in [-0.2, -0.15) is 5.10 Å². The molecule has 0 aliphatic heterocycles. The Morgan fingerprint density at radius 1 is 1.29 bits per heavy atom. The number of esters is 1. The van der Waals surface area contributed by atoms with Crippen molar-refractivity contribution < 1.29 is 14.3 Å². The first kappa shape index (κ1) is 20.2. The Bertz CT molecular complexity index is 1180. The number of aryl methyl sites for hydroxylation is 2. The molecule has 31 heavy (non-hydrogen) atoms. The Kier molecular flexibility index (Phi) is 5.25. The van der Waals surface area contributed by atoms with E-state index in [0.717, 1.165) is 48.0 Å². The lowest BCUT2D eigenvalue weighted by Crippen LogP contribution is -2.21. The van der Waals surface area contributed by atoms with Crippen molar-refractivity contribution >= 4 is 39.2 Å². The largest absolute Gasteiger partial charge is 0.462 e. The quantitative estimate of drug-likeness (QED) is 0.578. The van der Waals surface area contributed by atoms with E-state index >= 15 is 0 Å². The van der Waals surface area contributed by atoms with E-state index < -0.39 is 0 Å². The van der Waals surface area contributed by atoms with Gasteiger partial charge in [-0.05, 0) is 75.5 Å². The molecule has 3 aromatic heterocycles. The topological polar surface area (TPSA) is 86.1 Å². The van der Waals surface area contributed by atoms with Crippen LogP contribution in [0.2, 0.25) is 0 Å². The molecule has 0 aromatic carbocycles. The van der Waals surface area contributed by atoms with Gasteiger partial charge in [-0.25, -0.2) is 14.5 Å². The molecule has 0 saturated heterocycles. The lowest BCUT2D eigenvalue weighted by Gasteiger charge is -2.12. The van der Waals surface area contributed by atoms with Crippen LogP contribution in [0.1, 0.15) is 70.6 Å². The summed E-state index contributed by atoms with van der Waals surface area (Å²) in [6.07, 6.45) is 8.16. The SMILES string of the molecule is CCOC(=O)c1c(NC(=O)Cn2nc(C)c3c(C4CC4)ccnc32)sc2c1CCCC2. The number of amides is 1. The fraction of sp³-hybridized carbons (Fsp3) is 0.478. The maximum Gasteiger partial charge on any atom is 0.341 e.